The Hall–Kier alpha value is -1.88. The summed E-state index contributed by atoms with van der Waals surface area (Å²) >= 11 is 17.7. The number of benzene rings is 2. The van der Waals surface area contributed by atoms with Crippen LogP contribution in [0.1, 0.15) is 5.56 Å². The molecule has 0 bridgehead atoms. The third-order valence-corrected chi connectivity index (χ3v) is 3.81. The average molecular weight is 352 g/mol. The maximum absolute atomic E-state index is 5.96. The van der Waals surface area contributed by atoms with Crippen LogP contribution in [0.5, 0.6) is 0 Å². The monoisotopic (exact) mass is 350 g/mol. The van der Waals surface area contributed by atoms with Crippen molar-refractivity contribution in [3.63, 3.8) is 0 Å². The minimum Gasteiger partial charge on any atom is -0.261 e. The quantitative estimate of drug-likeness (QED) is 0.409. The molecule has 0 atom stereocenters. The summed E-state index contributed by atoms with van der Waals surface area (Å²) in [6, 6.07) is 12.8. The molecular weight excluding hydrogens is 343 g/mol. The molecule has 0 aliphatic heterocycles. The van der Waals surface area contributed by atoms with Crippen LogP contribution in [-0.4, -0.2) is 16.2 Å². The standard InChI is InChI=1S/C15H9Cl3N4/c16-11-6-5-9(7-12(11)17)8-19-22-14-10-3-1-2-4-13(10)20-15(18)21-14/h1-8H,(H,20,21,22). The second kappa shape index (κ2) is 6.48. The fraction of sp³-hybridized carbons (Fsp3) is 0. The highest BCUT2D eigenvalue weighted by Gasteiger charge is 2.05. The van der Waals surface area contributed by atoms with Gasteiger partial charge >= 0.3 is 0 Å². The summed E-state index contributed by atoms with van der Waals surface area (Å²) in [6.07, 6.45) is 1.62. The van der Waals surface area contributed by atoms with Crippen LogP contribution in [0.15, 0.2) is 47.6 Å². The van der Waals surface area contributed by atoms with E-state index in [0.717, 1.165) is 16.5 Å². The molecule has 110 valence electrons. The number of fused-ring (bicyclic) bond motifs is 1. The van der Waals surface area contributed by atoms with Crippen LogP contribution in [0.4, 0.5) is 5.82 Å². The molecule has 0 saturated heterocycles. The van der Waals surface area contributed by atoms with E-state index in [1.165, 1.54) is 0 Å². The topological polar surface area (TPSA) is 50.2 Å². The van der Waals surface area contributed by atoms with Gasteiger partial charge in [-0.2, -0.15) is 10.1 Å². The molecule has 0 aliphatic rings. The second-order valence-electron chi connectivity index (χ2n) is 4.40. The molecule has 0 spiro atoms. The minimum absolute atomic E-state index is 0.158. The van der Waals surface area contributed by atoms with Crippen molar-refractivity contribution >= 4 is 57.7 Å². The highest BCUT2D eigenvalue weighted by Crippen LogP contribution is 2.23. The Morgan fingerprint density at radius 2 is 1.77 bits per heavy atom. The van der Waals surface area contributed by atoms with Crippen molar-refractivity contribution in [3.8, 4) is 0 Å². The first-order valence-electron chi connectivity index (χ1n) is 6.30. The Kier molecular flexibility index (Phi) is 4.43. The number of hydrogen-bond donors (Lipinski definition) is 1. The number of aromatic nitrogens is 2. The van der Waals surface area contributed by atoms with E-state index in [0.29, 0.717) is 15.9 Å². The summed E-state index contributed by atoms with van der Waals surface area (Å²) in [4.78, 5) is 8.30. The van der Waals surface area contributed by atoms with E-state index >= 15 is 0 Å². The summed E-state index contributed by atoms with van der Waals surface area (Å²) in [7, 11) is 0. The Labute approximate surface area is 141 Å². The van der Waals surface area contributed by atoms with E-state index in [9.17, 15) is 0 Å². The highest BCUT2D eigenvalue weighted by molar-refractivity contribution is 6.42. The van der Waals surface area contributed by atoms with Gasteiger partial charge in [0.05, 0.1) is 21.8 Å². The molecule has 4 nitrogen and oxygen atoms in total. The lowest BCUT2D eigenvalue weighted by molar-refractivity contribution is 1.18. The number of rotatable bonds is 3. The summed E-state index contributed by atoms with van der Waals surface area (Å²) in [5.74, 6) is 0.534. The largest absolute Gasteiger partial charge is 0.261 e. The summed E-state index contributed by atoms with van der Waals surface area (Å²) in [6.45, 7) is 0. The van der Waals surface area contributed by atoms with Crippen LogP contribution in [0.3, 0.4) is 0 Å². The van der Waals surface area contributed by atoms with Gasteiger partial charge in [-0.15, -0.1) is 0 Å². The van der Waals surface area contributed by atoms with Crippen LogP contribution in [0, 0.1) is 0 Å². The van der Waals surface area contributed by atoms with E-state index in [1.807, 2.05) is 30.3 Å². The van der Waals surface area contributed by atoms with Crippen molar-refractivity contribution in [1.82, 2.24) is 9.97 Å². The smallest absolute Gasteiger partial charge is 0.224 e. The molecular formula is C15H9Cl3N4. The number of hydrazone groups is 1. The number of para-hydroxylation sites is 1. The zero-order valence-corrected chi connectivity index (χ0v) is 13.4. The molecule has 1 aromatic heterocycles. The molecule has 0 amide bonds. The lowest BCUT2D eigenvalue weighted by Gasteiger charge is -2.04. The van der Waals surface area contributed by atoms with Crippen LogP contribution >= 0.6 is 34.8 Å². The SMILES string of the molecule is Clc1nc(NN=Cc2ccc(Cl)c(Cl)c2)c2ccccc2n1. The summed E-state index contributed by atoms with van der Waals surface area (Å²) < 4.78 is 0. The maximum Gasteiger partial charge on any atom is 0.224 e. The van der Waals surface area contributed by atoms with Crippen molar-refractivity contribution in [2.45, 2.75) is 0 Å². The molecule has 22 heavy (non-hydrogen) atoms. The number of halogens is 3. The van der Waals surface area contributed by atoms with Crippen molar-refractivity contribution in [2.24, 2.45) is 5.10 Å². The zero-order chi connectivity index (χ0) is 15.5. The minimum atomic E-state index is 0.158. The average Bonchev–Trinajstić information content (AvgIpc) is 2.50. The molecule has 0 aliphatic carbocycles. The van der Waals surface area contributed by atoms with E-state index < -0.39 is 0 Å². The number of nitrogens with one attached hydrogen (secondary N) is 1. The Balaban J connectivity index is 1.87. The molecule has 7 heteroatoms. The van der Waals surface area contributed by atoms with E-state index in [2.05, 4.69) is 20.5 Å². The number of anilines is 1. The summed E-state index contributed by atoms with van der Waals surface area (Å²) in [5, 5.41) is 6.11. The van der Waals surface area contributed by atoms with Crippen LogP contribution < -0.4 is 5.43 Å². The Morgan fingerprint density at radius 3 is 2.59 bits per heavy atom. The van der Waals surface area contributed by atoms with Crippen LogP contribution in [-0.2, 0) is 0 Å². The molecule has 0 fully saturated rings. The fourth-order valence-electron chi connectivity index (χ4n) is 1.89. The first-order chi connectivity index (χ1) is 10.6. The van der Waals surface area contributed by atoms with E-state index in [4.69, 9.17) is 34.8 Å². The van der Waals surface area contributed by atoms with Gasteiger partial charge in [0, 0.05) is 5.39 Å². The van der Waals surface area contributed by atoms with Gasteiger partial charge in [0.2, 0.25) is 5.28 Å². The predicted octanol–water partition coefficient (Wildman–Crippen LogP) is 5.04. The second-order valence-corrected chi connectivity index (χ2v) is 5.55. The van der Waals surface area contributed by atoms with Crippen LogP contribution in [0.25, 0.3) is 10.9 Å². The van der Waals surface area contributed by atoms with Gasteiger partial charge in [-0.05, 0) is 41.4 Å². The Morgan fingerprint density at radius 1 is 0.955 bits per heavy atom. The number of nitrogens with zero attached hydrogens (tertiary/aromatic N) is 3. The predicted molar refractivity (Wildman–Crippen MR) is 92.2 cm³/mol. The molecule has 0 unspecified atom stereocenters. The van der Waals surface area contributed by atoms with Gasteiger partial charge in [-0.3, -0.25) is 5.43 Å². The third kappa shape index (κ3) is 3.30. The third-order valence-electron chi connectivity index (χ3n) is 2.90. The normalized spacial score (nSPS) is 11.2. The van der Waals surface area contributed by atoms with Gasteiger partial charge in [0.15, 0.2) is 5.82 Å². The number of hydrogen-bond acceptors (Lipinski definition) is 4. The lowest BCUT2D eigenvalue weighted by atomic mass is 10.2. The highest BCUT2D eigenvalue weighted by atomic mass is 35.5. The molecule has 0 radical (unpaired) electrons. The molecule has 2 aromatic carbocycles. The molecule has 3 aromatic rings. The zero-order valence-electron chi connectivity index (χ0n) is 11.1. The van der Waals surface area contributed by atoms with Crippen molar-refractivity contribution in [1.29, 1.82) is 0 Å². The van der Waals surface area contributed by atoms with E-state index in [1.54, 1.807) is 18.3 Å². The molecule has 3 rings (SSSR count). The molecule has 1 N–H and O–H groups in total. The van der Waals surface area contributed by atoms with Gasteiger partial charge in [0.25, 0.3) is 0 Å². The summed E-state index contributed by atoms with van der Waals surface area (Å²) in [5.41, 5.74) is 4.43. The van der Waals surface area contributed by atoms with Gasteiger partial charge < -0.3 is 0 Å². The van der Waals surface area contributed by atoms with Crippen molar-refractivity contribution in [2.75, 3.05) is 5.43 Å². The first-order valence-corrected chi connectivity index (χ1v) is 7.43. The van der Waals surface area contributed by atoms with Gasteiger partial charge in [-0.1, -0.05) is 41.4 Å². The first kappa shape index (κ1) is 15.0. The molecule has 1 heterocycles. The van der Waals surface area contributed by atoms with Crippen molar-refractivity contribution in [3.05, 3.63) is 63.4 Å². The Bertz CT molecular complexity index is 865. The fourth-order valence-corrected chi connectivity index (χ4v) is 2.38. The van der Waals surface area contributed by atoms with Crippen molar-refractivity contribution < 1.29 is 0 Å². The van der Waals surface area contributed by atoms with Crippen LogP contribution in [0.2, 0.25) is 15.3 Å². The molecule has 0 saturated carbocycles. The van der Waals surface area contributed by atoms with Gasteiger partial charge in [0.1, 0.15) is 0 Å². The lowest BCUT2D eigenvalue weighted by Crippen LogP contribution is -1.97. The van der Waals surface area contributed by atoms with Gasteiger partial charge in [-0.25, -0.2) is 4.98 Å². The maximum atomic E-state index is 5.96. The van der Waals surface area contributed by atoms with E-state index in [-0.39, 0.29) is 5.28 Å².